The highest BCUT2D eigenvalue weighted by molar-refractivity contribution is 6.00. The van der Waals surface area contributed by atoms with Gasteiger partial charge in [0.2, 0.25) is 17.7 Å². The minimum Gasteiger partial charge on any atom is -0.480 e. The number of carbonyl (C=O) groups is 4. The molecule has 0 saturated carbocycles. The topological polar surface area (TPSA) is 167 Å². The number of benzene rings is 2. The van der Waals surface area contributed by atoms with Gasteiger partial charge in [-0.15, -0.1) is 0 Å². The molecule has 1 aromatic heterocycles. The van der Waals surface area contributed by atoms with Crippen LogP contribution in [-0.2, 0) is 25.7 Å². The Morgan fingerprint density at radius 3 is 2.21 bits per heavy atom. The molecule has 6 N–H and O–H groups in total. The molecule has 2 atom stereocenters. The maximum Gasteiger partial charge on any atom is 0.318 e. The van der Waals surface area contributed by atoms with Crippen molar-refractivity contribution in [1.29, 1.82) is 0 Å². The number of hydrogen-bond donors (Lipinski definition) is 5. The number of rotatable bonds is 15. The molecule has 3 amide bonds. The summed E-state index contributed by atoms with van der Waals surface area (Å²) in [6.45, 7) is 7.73. The second-order valence-electron chi connectivity index (χ2n) is 13.3. The fourth-order valence-corrected chi connectivity index (χ4v) is 5.32. The van der Waals surface area contributed by atoms with Crippen molar-refractivity contribution in [2.75, 3.05) is 26.2 Å². The largest absolute Gasteiger partial charge is 0.480 e. The number of aliphatic hydroxyl groups excluding tert-OH is 1. The molecule has 3 rings (SSSR count). The van der Waals surface area contributed by atoms with Crippen molar-refractivity contribution in [3.05, 3.63) is 83.7 Å². The smallest absolute Gasteiger partial charge is 0.318 e. The van der Waals surface area contributed by atoms with Crippen molar-refractivity contribution in [3.8, 4) is 11.1 Å². The predicted octanol–water partition coefficient (Wildman–Crippen LogP) is 3.45. The number of nitrogens with two attached hydrogens (primary N) is 1. The lowest BCUT2D eigenvalue weighted by Gasteiger charge is -2.41. The maximum atomic E-state index is 15.0. The van der Waals surface area contributed by atoms with E-state index in [0.717, 1.165) is 23.8 Å². The van der Waals surface area contributed by atoms with Crippen LogP contribution in [-0.4, -0.2) is 75.7 Å². The van der Waals surface area contributed by atoms with Gasteiger partial charge in [-0.1, -0.05) is 51.1 Å². The highest BCUT2D eigenvalue weighted by atomic mass is 19.1. The van der Waals surface area contributed by atoms with Crippen LogP contribution in [0.25, 0.3) is 11.1 Å². The molecule has 0 radical (unpaired) electrons. The van der Waals surface area contributed by atoms with Gasteiger partial charge in [0.05, 0.1) is 12.1 Å². The molecule has 11 nitrogen and oxygen atoms in total. The first-order valence-electron chi connectivity index (χ1n) is 15.6. The third-order valence-corrected chi connectivity index (χ3v) is 8.06. The lowest BCUT2D eigenvalue weighted by Crippen LogP contribution is -2.49. The van der Waals surface area contributed by atoms with E-state index in [1.165, 1.54) is 18.7 Å². The summed E-state index contributed by atoms with van der Waals surface area (Å²) < 4.78 is 31.0. The molecule has 0 unspecified atom stereocenters. The van der Waals surface area contributed by atoms with Crippen LogP contribution in [0.3, 0.4) is 0 Å². The number of carboxylic acids is 1. The van der Waals surface area contributed by atoms with Gasteiger partial charge in [-0.05, 0) is 55.5 Å². The third kappa shape index (κ3) is 9.48. The van der Waals surface area contributed by atoms with Crippen molar-refractivity contribution >= 4 is 23.7 Å². The Morgan fingerprint density at radius 2 is 1.60 bits per heavy atom. The van der Waals surface area contributed by atoms with Gasteiger partial charge in [0.15, 0.2) is 0 Å². The van der Waals surface area contributed by atoms with E-state index in [0.29, 0.717) is 17.8 Å². The molecule has 1 heterocycles. The SMILES string of the molecule is CC(C)(C(=O)O)C(=O)NCCNC(=O)[C@@H](N)CCN(C(=O)CO)[C@@H](c1cc(-c2cc(F)ccc2F)cn1Cc1ccccc1)C(C)(C)C. The first-order chi connectivity index (χ1) is 22.5. The van der Waals surface area contributed by atoms with Gasteiger partial charge in [-0.25, -0.2) is 8.78 Å². The van der Waals surface area contributed by atoms with Crippen LogP contribution >= 0.6 is 0 Å². The van der Waals surface area contributed by atoms with E-state index in [1.807, 2.05) is 55.7 Å². The fraction of sp³-hybridized carbons (Fsp3) is 0.429. The molecular weight excluding hydrogens is 624 g/mol. The monoisotopic (exact) mass is 669 g/mol. The molecule has 0 spiro atoms. The van der Waals surface area contributed by atoms with Gasteiger partial charge in [-0.3, -0.25) is 19.2 Å². The first kappa shape index (κ1) is 37.8. The van der Waals surface area contributed by atoms with E-state index >= 15 is 0 Å². The number of aliphatic carboxylic acids is 1. The van der Waals surface area contributed by atoms with Crippen molar-refractivity contribution in [1.82, 2.24) is 20.1 Å². The lowest BCUT2D eigenvalue weighted by molar-refractivity contribution is -0.153. The van der Waals surface area contributed by atoms with E-state index in [1.54, 1.807) is 12.3 Å². The van der Waals surface area contributed by atoms with Crippen LogP contribution in [0, 0.1) is 22.5 Å². The van der Waals surface area contributed by atoms with Gasteiger partial charge in [0, 0.05) is 49.2 Å². The second-order valence-corrected chi connectivity index (χ2v) is 13.3. The summed E-state index contributed by atoms with van der Waals surface area (Å²) >= 11 is 0. The first-order valence-corrected chi connectivity index (χ1v) is 15.6. The second kappa shape index (κ2) is 16.0. The fourth-order valence-electron chi connectivity index (χ4n) is 5.32. The molecule has 260 valence electrons. The Kier molecular flexibility index (Phi) is 12.6. The molecular formula is C35H45F2N5O6. The van der Waals surface area contributed by atoms with Crippen LogP contribution in [0.4, 0.5) is 8.78 Å². The number of carboxylic acid groups (broad SMARTS) is 1. The van der Waals surface area contributed by atoms with Crippen LogP contribution in [0.5, 0.6) is 0 Å². The van der Waals surface area contributed by atoms with Gasteiger partial charge in [-0.2, -0.15) is 0 Å². The average Bonchev–Trinajstić information content (AvgIpc) is 3.43. The molecule has 0 saturated heterocycles. The summed E-state index contributed by atoms with van der Waals surface area (Å²) in [5.74, 6) is -4.38. The molecule has 0 aliphatic carbocycles. The zero-order chi connectivity index (χ0) is 35.8. The molecule has 0 bridgehead atoms. The van der Waals surface area contributed by atoms with E-state index in [-0.39, 0.29) is 31.6 Å². The molecule has 48 heavy (non-hydrogen) atoms. The molecule has 0 aliphatic rings. The number of halogens is 2. The maximum absolute atomic E-state index is 15.0. The van der Waals surface area contributed by atoms with Gasteiger partial charge in [0.25, 0.3) is 0 Å². The number of aromatic nitrogens is 1. The van der Waals surface area contributed by atoms with E-state index < -0.39 is 64.8 Å². The standard InChI is InChI=1S/C35H45F2N5O6/c1-34(2,3)30(28-17-23(25-18-24(36)11-12-26(25)37)20-41(28)19-22-9-7-6-8-10-22)42(29(44)21-43)16-13-27(38)31(45)39-14-15-40-32(46)35(4,5)33(47)48/h6-12,17-18,20,27,30,43H,13-16,19,21,38H2,1-5H3,(H,39,45)(H,40,46)(H,47,48)/t27-,30-/m0/s1. The quantitative estimate of drug-likeness (QED) is 0.122. The number of nitrogens with one attached hydrogen (secondary N) is 2. The van der Waals surface area contributed by atoms with Crippen LogP contribution < -0.4 is 16.4 Å². The molecule has 0 fully saturated rings. The molecule has 0 aliphatic heterocycles. The van der Waals surface area contributed by atoms with E-state index in [9.17, 15) is 38.2 Å². The summed E-state index contributed by atoms with van der Waals surface area (Å²) in [6.07, 6.45) is 1.71. The molecule has 2 aromatic carbocycles. The predicted molar refractivity (Wildman–Crippen MR) is 176 cm³/mol. The van der Waals surface area contributed by atoms with Gasteiger partial charge >= 0.3 is 5.97 Å². The van der Waals surface area contributed by atoms with Crippen molar-refractivity contribution in [2.24, 2.45) is 16.6 Å². The normalized spacial score (nSPS) is 13.0. The summed E-state index contributed by atoms with van der Waals surface area (Å²) in [4.78, 5) is 51.0. The average molecular weight is 670 g/mol. The van der Waals surface area contributed by atoms with E-state index in [2.05, 4.69) is 10.6 Å². The van der Waals surface area contributed by atoms with Crippen molar-refractivity contribution < 1.29 is 38.2 Å². The van der Waals surface area contributed by atoms with Gasteiger partial charge in [0.1, 0.15) is 23.7 Å². The zero-order valence-corrected chi connectivity index (χ0v) is 27.9. The Bertz CT molecular complexity index is 1600. The number of aliphatic hydroxyl groups is 1. The minimum absolute atomic E-state index is 0.00728. The Morgan fingerprint density at radius 1 is 0.958 bits per heavy atom. The Labute approximate surface area is 279 Å². The summed E-state index contributed by atoms with van der Waals surface area (Å²) in [5, 5.41) is 24.2. The lowest BCUT2D eigenvalue weighted by atomic mass is 9.82. The minimum atomic E-state index is -1.64. The van der Waals surface area contributed by atoms with Crippen molar-refractivity contribution in [2.45, 2.75) is 59.7 Å². The zero-order valence-electron chi connectivity index (χ0n) is 27.9. The van der Waals surface area contributed by atoms with Crippen LogP contribution in [0.15, 0.2) is 60.8 Å². The Hall–Kier alpha value is -4.62. The summed E-state index contributed by atoms with van der Waals surface area (Å²) in [5.41, 5.74) is 5.88. The Balaban J connectivity index is 1.88. The third-order valence-electron chi connectivity index (χ3n) is 8.06. The van der Waals surface area contributed by atoms with Crippen LogP contribution in [0.2, 0.25) is 0 Å². The number of nitrogens with zero attached hydrogens (tertiary/aromatic N) is 2. The summed E-state index contributed by atoms with van der Waals surface area (Å²) in [6, 6.07) is 12.6. The number of amides is 3. The number of hydrogen-bond acceptors (Lipinski definition) is 6. The molecule has 3 aromatic rings. The van der Waals surface area contributed by atoms with E-state index in [4.69, 9.17) is 5.73 Å². The van der Waals surface area contributed by atoms with Crippen molar-refractivity contribution in [3.63, 3.8) is 0 Å². The molecule has 13 heteroatoms. The van der Waals surface area contributed by atoms with Crippen LogP contribution in [0.1, 0.15) is 58.3 Å². The highest BCUT2D eigenvalue weighted by Crippen LogP contribution is 2.41. The highest BCUT2D eigenvalue weighted by Gasteiger charge is 2.38. The number of carbonyl (C=O) groups excluding carboxylic acids is 3. The summed E-state index contributed by atoms with van der Waals surface area (Å²) in [7, 11) is 0. The van der Waals surface area contributed by atoms with Gasteiger partial charge < -0.3 is 36.0 Å².